The number of nitrogens with zero attached hydrogens (tertiary/aromatic N) is 3. The van der Waals surface area contributed by atoms with E-state index in [0.717, 1.165) is 11.1 Å². The van der Waals surface area contributed by atoms with Crippen molar-refractivity contribution in [3.8, 4) is 6.07 Å². The van der Waals surface area contributed by atoms with E-state index in [1.807, 2.05) is 43.3 Å². The molecule has 1 heterocycles. The number of ether oxygens (including phenoxy) is 1. The Morgan fingerprint density at radius 3 is 2.38 bits per heavy atom. The minimum Gasteiger partial charge on any atom is -0.458 e. The first-order valence-electron chi connectivity index (χ1n) is 11.1. The number of benzene rings is 2. The predicted octanol–water partition coefficient (Wildman–Crippen LogP) is 3.70. The second-order valence-electron chi connectivity index (χ2n) is 9.44. The topological polar surface area (TPSA) is 117 Å². The largest absolute Gasteiger partial charge is 0.458 e. The van der Waals surface area contributed by atoms with Gasteiger partial charge in [-0.3, -0.25) is 9.69 Å². The first kappa shape index (κ1) is 24.8. The number of amides is 3. The van der Waals surface area contributed by atoms with Gasteiger partial charge in [-0.2, -0.15) is 5.26 Å². The number of likely N-dealkylation sites (tertiary alicyclic amines) is 1. The molecular formula is C26H30N4O4. The average Bonchev–Trinajstić information content (AvgIpc) is 3.16. The van der Waals surface area contributed by atoms with Gasteiger partial charge in [-0.25, -0.2) is 9.59 Å². The Morgan fingerprint density at radius 1 is 1.15 bits per heavy atom. The van der Waals surface area contributed by atoms with Crippen molar-refractivity contribution in [2.45, 2.75) is 51.8 Å². The van der Waals surface area contributed by atoms with Gasteiger partial charge >= 0.3 is 12.0 Å². The number of nitriles is 1. The number of nitrogens with two attached hydrogens (primary N) is 1. The summed E-state index contributed by atoms with van der Waals surface area (Å²) in [5.41, 5.74) is 6.95. The molecule has 1 saturated heterocycles. The molecule has 0 spiro atoms. The third-order valence-corrected chi connectivity index (χ3v) is 5.64. The highest BCUT2D eigenvalue weighted by atomic mass is 16.6. The van der Waals surface area contributed by atoms with Crippen LogP contribution in [0.2, 0.25) is 0 Å². The summed E-state index contributed by atoms with van der Waals surface area (Å²) in [6.07, 6.45) is 0.137. The number of carbonyl (C=O) groups is 3. The molecule has 178 valence electrons. The molecule has 34 heavy (non-hydrogen) atoms. The number of primary amides is 1. The molecule has 1 fully saturated rings. The van der Waals surface area contributed by atoms with Crippen LogP contribution in [0.1, 0.15) is 44.4 Å². The van der Waals surface area contributed by atoms with Gasteiger partial charge in [0.25, 0.3) is 0 Å². The minimum absolute atomic E-state index is 0.137. The van der Waals surface area contributed by atoms with Gasteiger partial charge in [0.2, 0.25) is 5.91 Å². The number of hydrogen-bond acceptors (Lipinski definition) is 5. The maximum absolute atomic E-state index is 13.7. The summed E-state index contributed by atoms with van der Waals surface area (Å²) in [5.74, 6) is -1.70. The quantitative estimate of drug-likeness (QED) is 0.680. The third kappa shape index (κ3) is 5.54. The summed E-state index contributed by atoms with van der Waals surface area (Å²) in [6, 6.07) is 16.0. The average molecular weight is 463 g/mol. The summed E-state index contributed by atoms with van der Waals surface area (Å²) in [4.78, 5) is 41.7. The lowest BCUT2D eigenvalue weighted by Gasteiger charge is -2.33. The second-order valence-corrected chi connectivity index (χ2v) is 9.44. The molecule has 0 aliphatic carbocycles. The fourth-order valence-electron chi connectivity index (χ4n) is 4.25. The van der Waals surface area contributed by atoms with E-state index in [0.29, 0.717) is 5.69 Å². The van der Waals surface area contributed by atoms with Gasteiger partial charge < -0.3 is 15.4 Å². The van der Waals surface area contributed by atoms with Gasteiger partial charge in [0.05, 0.1) is 18.0 Å². The molecule has 1 aliphatic rings. The Kier molecular flexibility index (Phi) is 7.26. The van der Waals surface area contributed by atoms with E-state index in [4.69, 9.17) is 10.5 Å². The van der Waals surface area contributed by atoms with Crippen LogP contribution in [-0.4, -0.2) is 41.0 Å². The Morgan fingerprint density at radius 2 is 1.82 bits per heavy atom. The predicted molar refractivity (Wildman–Crippen MR) is 127 cm³/mol. The second kappa shape index (κ2) is 9.96. The molecule has 3 amide bonds. The van der Waals surface area contributed by atoms with Crippen molar-refractivity contribution in [1.82, 2.24) is 4.90 Å². The molecule has 0 saturated carbocycles. The highest BCUT2D eigenvalue weighted by molar-refractivity contribution is 5.98. The van der Waals surface area contributed by atoms with E-state index in [1.54, 1.807) is 39.0 Å². The van der Waals surface area contributed by atoms with Gasteiger partial charge in [-0.05, 0) is 57.4 Å². The van der Waals surface area contributed by atoms with Gasteiger partial charge in [0.15, 0.2) is 0 Å². The van der Waals surface area contributed by atoms with Crippen LogP contribution < -0.4 is 10.6 Å². The third-order valence-electron chi connectivity index (χ3n) is 5.64. The van der Waals surface area contributed by atoms with Gasteiger partial charge in [0, 0.05) is 5.69 Å². The molecule has 3 rings (SSSR count). The highest BCUT2D eigenvalue weighted by Gasteiger charge is 2.49. The molecule has 3 atom stereocenters. The lowest BCUT2D eigenvalue weighted by Crippen LogP contribution is -2.50. The van der Waals surface area contributed by atoms with Gasteiger partial charge in [0.1, 0.15) is 18.2 Å². The molecule has 0 radical (unpaired) electrons. The fourth-order valence-corrected chi connectivity index (χ4v) is 4.25. The summed E-state index contributed by atoms with van der Waals surface area (Å²) in [6.45, 7) is 6.73. The fraction of sp³-hybridized carbons (Fsp3) is 0.385. The van der Waals surface area contributed by atoms with E-state index >= 15 is 0 Å². The SMILES string of the molecule is Cc1cccc(N(CC(=O)N2C(C(=O)OC(C)(C)C)CC(C#N)C2c2ccccc2)C(N)=O)c1. The Bertz CT molecular complexity index is 1100. The van der Waals surface area contributed by atoms with Gasteiger partial charge in [-0.1, -0.05) is 42.5 Å². The van der Waals surface area contributed by atoms with Crippen LogP contribution in [0.15, 0.2) is 54.6 Å². The highest BCUT2D eigenvalue weighted by Crippen LogP contribution is 2.41. The van der Waals surface area contributed by atoms with Crippen LogP contribution in [0.5, 0.6) is 0 Å². The molecule has 2 aromatic rings. The molecule has 2 N–H and O–H groups in total. The number of aryl methyl sites for hydroxylation is 1. The van der Waals surface area contributed by atoms with Crippen LogP contribution in [-0.2, 0) is 14.3 Å². The summed E-state index contributed by atoms with van der Waals surface area (Å²) in [5, 5.41) is 9.88. The smallest absolute Gasteiger partial charge is 0.329 e. The summed E-state index contributed by atoms with van der Waals surface area (Å²) < 4.78 is 5.58. The summed E-state index contributed by atoms with van der Waals surface area (Å²) >= 11 is 0. The maximum atomic E-state index is 13.7. The van der Waals surface area contributed by atoms with Crippen LogP contribution in [0.25, 0.3) is 0 Å². The number of carbonyl (C=O) groups excluding carboxylic acids is 3. The zero-order valence-corrected chi connectivity index (χ0v) is 19.9. The van der Waals surface area contributed by atoms with E-state index in [2.05, 4.69) is 6.07 Å². The van der Waals surface area contributed by atoms with Crippen LogP contribution in [0, 0.1) is 24.2 Å². The number of hydrogen-bond donors (Lipinski definition) is 1. The van der Waals surface area contributed by atoms with Crippen LogP contribution in [0.3, 0.4) is 0 Å². The maximum Gasteiger partial charge on any atom is 0.329 e. The molecule has 0 aromatic heterocycles. The lowest BCUT2D eigenvalue weighted by molar-refractivity contribution is -0.164. The Labute approximate surface area is 199 Å². The molecule has 3 unspecified atom stereocenters. The van der Waals surface area contributed by atoms with Crippen molar-refractivity contribution in [1.29, 1.82) is 5.26 Å². The van der Waals surface area contributed by atoms with E-state index in [1.165, 1.54) is 9.80 Å². The molecular weight excluding hydrogens is 432 g/mol. The molecule has 1 aliphatic heterocycles. The first-order chi connectivity index (χ1) is 16.0. The number of rotatable bonds is 5. The minimum atomic E-state index is -0.964. The number of urea groups is 1. The summed E-state index contributed by atoms with van der Waals surface area (Å²) in [7, 11) is 0. The van der Waals surface area contributed by atoms with E-state index < -0.39 is 41.5 Å². The van der Waals surface area contributed by atoms with E-state index in [9.17, 15) is 19.6 Å². The van der Waals surface area contributed by atoms with Crippen LogP contribution in [0.4, 0.5) is 10.5 Å². The Hall–Kier alpha value is -3.86. The standard InChI is InChI=1S/C26H30N4O4/c1-17-9-8-12-20(13-17)29(25(28)33)16-22(31)30-21(24(32)34-26(2,3)4)14-19(15-27)23(30)18-10-6-5-7-11-18/h5-13,19,21,23H,14,16H2,1-4H3,(H2,28,33). The van der Waals surface area contributed by atoms with Crippen molar-refractivity contribution in [3.05, 3.63) is 65.7 Å². The van der Waals surface area contributed by atoms with Crippen molar-refractivity contribution in [3.63, 3.8) is 0 Å². The van der Waals surface area contributed by atoms with E-state index in [-0.39, 0.29) is 13.0 Å². The van der Waals surface area contributed by atoms with Gasteiger partial charge in [-0.15, -0.1) is 0 Å². The first-order valence-corrected chi connectivity index (χ1v) is 11.1. The van der Waals surface area contributed by atoms with Crippen molar-refractivity contribution >= 4 is 23.6 Å². The van der Waals surface area contributed by atoms with Crippen molar-refractivity contribution < 1.29 is 19.1 Å². The Balaban J connectivity index is 2.01. The lowest BCUT2D eigenvalue weighted by atomic mass is 9.94. The van der Waals surface area contributed by atoms with Crippen molar-refractivity contribution in [2.24, 2.45) is 11.7 Å². The normalized spacial score (nSPS) is 19.9. The molecule has 8 heteroatoms. The zero-order chi connectivity index (χ0) is 25.0. The molecule has 2 aromatic carbocycles. The monoisotopic (exact) mass is 462 g/mol. The zero-order valence-electron chi connectivity index (χ0n) is 19.9. The van der Waals surface area contributed by atoms with Crippen molar-refractivity contribution in [2.75, 3.05) is 11.4 Å². The molecule has 0 bridgehead atoms. The molecule has 8 nitrogen and oxygen atoms in total. The van der Waals surface area contributed by atoms with Crippen LogP contribution >= 0.6 is 0 Å². The number of esters is 1. The number of anilines is 1.